The summed E-state index contributed by atoms with van der Waals surface area (Å²) in [6.07, 6.45) is 1.73. The van der Waals surface area contributed by atoms with Crippen molar-refractivity contribution in [1.82, 2.24) is 0 Å². The van der Waals surface area contributed by atoms with Gasteiger partial charge >= 0.3 is 5.97 Å². The molecule has 0 N–H and O–H groups in total. The molecule has 0 saturated heterocycles. The van der Waals surface area contributed by atoms with Crippen LogP contribution in [-0.4, -0.2) is 18.4 Å². The molecule has 0 atom stereocenters. The number of carbonyl (C=O) groups excluding carboxylic acids is 1. The van der Waals surface area contributed by atoms with Crippen LogP contribution in [0.1, 0.15) is 23.6 Å². The maximum atomic E-state index is 12.2. The van der Waals surface area contributed by atoms with Crippen molar-refractivity contribution in [1.29, 1.82) is 0 Å². The monoisotopic (exact) mass is 416 g/mol. The van der Waals surface area contributed by atoms with Crippen LogP contribution in [0.3, 0.4) is 0 Å². The van der Waals surface area contributed by atoms with Crippen LogP contribution in [-0.2, 0) is 16.1 Å². The predicted octanol–water partition coefficient (Wildman–Crippen LogP) is 5.71. The molecule has 0 aliphatic carbocycles. The molecule has 0 saturated carbocycles. The summed E-state index contributed by atoms with van der Waals surface area (Å²) in [5.41, 5.74) is 4.23. The van der Waals surface area contributed by atoms with E-state index in [1.807, 2.05) is 24.3 Å². The van der Waals surface area contributed by atoms with Gasteiger partial charge in [-0.2, -0.15) is 0 Å². The molecule has 3 aromatic rings. The highest BCUT2D eigenvalue weighted by Gasteiger charge is 2.24. The zero-order valence-electron chi connectivity index (χ0n) is 16.6. The lowest BCUT2D eigenvalue weighted by atomic mass is 10.1. The molecule has 3 aromatic carbocycles. The molecule has 0 amide bonds. The van der Waals surface area contributed by atoms with E-state index in [0.29, 0.717) is 10.6 Å². The van der Waals surface area contributed by atoms with Crippen LogP contribution in [0.2, 0.25) is 5.02 Å². The summed E-state index contributed by atoms with van der Waals surface area (Å²) in [6.45, 7) is 3.88. The summed E-state index contributed by atoms with van der Waals surface area (Å²) >= 11 is 6.02. The van der Waals surface area contributed by atoms with Gasteiger partial charge in [0.2, 0.25) is 5.90 Å². The summed E-state index contributed by atoms with van der Waals surface area (Å²) in [5.74, 6) is -0.196. The van der Waals surface area contributed by atoms with Gasteiger partial charge in [-0.3, -0.25) is 0 Å². The number of anilines is 1. The fourth-order valence-corrected chi connectivity index (χ4v) is 3.47. The smallest absolute Gasteiger partial charge is 0.363 e. The number of aliphatic imine (C=N–C) groups is 1. The summed E-state index contributed by atoms with van der Waals surface area (Å²) in [4.78, 5) is 18.9. The minimum atomic E-state index is -0.465. The fraction of sp³-hybridized carbons (Fsp3) is 0.120. The molecular formula is C25H21ClN2O2. The third-order valence-corrected chi connectivity index (χ3v) is 5.09. The Hall–Kier alpha value is -3.37. The Morgan fingerprint density at radius 2 is 1.77 bits per heavy atom. The number of carbonyl (C=O) groups is 1. The Balaban J connectivity index is 1.52. The molecule has 1 aliphatic heterocycles. The molecule has 30 heavy (non-hydrogen) atoms. The van der Waals surface area contributed by atoms with Crippen molar-refractivity contribution in [2.45, 2.75) is 13.5 Å². The first-order valence-corrected chi connectivity index (χ1v) is 10.2. The number of benzene rings is 3. The second-order valence-corrected chi connectivity index (χ2v) is 7.37. The summed E-state index contributed by atoms with van der Waals surface area (Å²) < 4.78 is 5.31. The number of esters is 1. The number of hydrogen-bond acceptors (Lipinski definition) is 4. The second-order valence-electron chi connectivity index (χ2n) is 6.94. The maximum absolute atomic E-state index is 12.2. The van der Waals surface area contributed by atoms with E-state index in [9.17, 15) is 4.79 Å². The largest absolute Gasteiger partial charge is 0.402 e. The Kier molecular flexibility index (Phi) is 5.96. The van der Waals surface area contributed by atoms with Crippen LogP contribution in [0, 0.1) is 0 Å². The van der Waals surface area contributed by atoms with Crippen LogP contribution in [0.4, 0.5) is 5.69 Å². The average Bonchev–Trinajstić information content (AvgIpc) is 3.14. The quantitative estimate of drug-likeness (QED) is 0.381. The molecule has 0 unspecified atom stereocenters. The number of rotatable bonds is 6. The molecule has 4 rings (SSSR count). The first-order valence-electron chi connectivity index (χ1n) is 9.80. The summed E-state index contributed by atoms with van der Waals surface area (Å²) in [7, 11) is 0. The van der Waals surface area contributed by atoms with E-state index in [-0.39, 0.29) is 11.6 Å². The van der Waals surface area contributed by atoms with Gasteiger partial charge < -0.3 is 9.64 Å². The fourth-order valence-electron chi connectivity index (χ4n) is 3.28. The van der Waals surface area contributed by atoms with Gasteiger partial charge in [0.25, 0.3) is 0 Å². The minimum Gasteiger partial charge on any atom is -0.402 e. The maximum Gasteiger partial charge on any atom is 0.363 e. The molecule has 0 spiro atoms. The van der Waals surface area contributed by atoms with Crippen molar-refractivity contribution in [3.63, 3.8) is 0 Å². The zero-order chi connectivity index (χ0) is 20.9. The molecule has 4 nitrogen and oxygen atoms in total. The lowest BCUT2D eigenvalue weighted by Gasteiger charge is -2.23. The lowest BCUT2D eigenvalue weighted by Crippen LogP contribution is -2.21. The molecule has 1 aliphatic rings. The average molecular weight is 417 g/mol. The second kappa shape index (κ2) is 8.97. The van der Waals surface area contributed by atoms with Crippen LogP contribution in [0.15, 0.2) is 89.6 Å². The van der Waals surface area contributed by atoms with E-state index in [2.05, 4.69) is 53.2 Å². The highest BCUT2D eigenvalue weighted by molar-refractivity contribution is 6.31. The van der Waals surface area contributed by atoms with E-state index < -0.39 is 5.97 Å². The first kappa shape index (κ1) is 19.9. The summed E-state index contributed by atoms with van der Waals surface area (Å²) in [5, 5.41) is 0.565. The Morgan fingerprint density at radius 3 is 2.47 bits per heavy atom. The Morgan fingerprint density at radius 1 is 1.00 bits per heavy atom. The molecule has 0 fully saturated rings. The molecule has 0 radical (unpaired) electrons. The van der Waals surface area contributed by atoms with E-state index in [1.54, 1.807) is 24.3 Å². The molecule has 0 aromatic heterocycles. The number of halogens is 1. The molecule has 0 bridgehead atoms. The van der Waals surface area contributed by atoms with Gasteiger partial charge in [-0.05, 0) is 54.5 Å². The van der Waals surface area contributed by atoms with E-state index in [0.717, 1.165) is 24.3 Å². The van der Waals surface area contributed by atoms with Crippen molar-refractivity contribution in [3.8, 4) is 0 Å². The van der Waals surface area contributed by atoms with Crippen molar-refractivity contribution in [2.24, 2.45) is 4.99 Å². The van der Waals surface area contributed by atoms with Gasteiger partial charge in [-0.1, -0.05) is 60.1 Å². The van der Waals surface area contributed by atoms with Crippen LogP contribution >= 0.6 is 11.6 Å². The number of ether oxygens (including phenoxy) is 1. The van der Waals surface area contributed by atoms with Crippen molar-refractivity contribution < 1.29 is 9.53 Å². The van der Waals surface area contributed by atoms with Crippen LogP contribution < -0.4 is 4.90 Å². The van der Waals surface area contributed by atoms with Crippen molar-refractivity contribution >= 4 is 35.2 Å². The topological polar surface area (TPSA) is 41.9 Å². The van der Waals surface area contributed by atoms with Gasteiger partial charge in [-0.15, -0.1) is 0 Å². The third kappa shape index (κ3) is 4.61. The van der Waals surface area contributed by atoms with Crippen molar-refractivity contribution in [3.05, 3.63) is 106 Å². The van der Waals surface area contributed by atoms with E-state index in [1.165, 1.54) is 5.56 Å². The predicted molar refractivity (Wildman–Crippen MR) is 122 cm³/mol. The molecule has 5 heteroatoms. The number of cyclic esters (lactones) is 1. The SMILES string of the molecule is CCN(Cc1ccccc1)c1ccc(C=C2N=C(c3cccc(Cl)c3)OC2=O)cc1. The van der Waals surface area contributed by atoms with Crippen LogP contribution in [0.25, 0.3) is 6.08 Å². The van der Waals surface area contributed by atoms with Crippen LogP contribution in [0.5, 0.6) is 0 Å². The zero-order valence-corrected chi connectivity index (χ0v) is 17.3. The molecule has 150 valence electrons. The first-order chi connectivity index (χ1) is 14.6. The van der Waals surface area contributed by atoms with E-state index in [4.69, 9.17) is 16.3 Å². The Labute approximate surface area is 181 Å². The van der Waals surface area contributed by atoms with Gasteiger partial charge in [-0.25, -0.2) is 9.79 Å². The third-order valence-electron chi connectivity index (χ3n) is 4.85. The van der Waals surface area contributed by atoms with Crippen molar-refractivity contribution in [2.75, 3.05) is 11.4 Å². The summed E-state index contributed by atoms with van der Waals surface area (Å²) in [6, 6.07) is 25.5. The van der Waals surface area contributed by atoms with E-state index >= 15 is 0 Å². The normalized spacial score (nSPS) is 14.5. The lowest BCUT2D eigenvalue weighted by molar-refractivity contribution is -0.129. The standard InChI is InChI=1S/C25H21ClN2O2/c1-2-28(17-19-7-4-3-5-8-19)22-13-11-18(12-14-22)15-23-25(29)30-24(27-23)20-9-6-10-21(26)16-20/h3-16H,2,17H2,1H3. The highest BCUT2D eigenvalue weighted by Crippen LogP contribution is 2.23. The Bertz CT molecular complexity index is 1110. The number of nitrogens with zero attached hydrogens (tertiary/aromatic N) is 2. The number of hydrogen-bond donors (Lipinski definition) is 0. The van der Waals surface area contributed by atoms with Gasteiger partial charge in [0.05, 0.1) is 0 Å². The minimum absolute atomic E-state index is 0.269. The molecule has 1 heterocycles. The van der Waals surface area contributed by atoms with Gasteiger partial charge in [0.15, 0.2) is 5.70 Å². The van der Waals surface area contributed by atoms with Gasteiger partial charge in [0, 0.05) is 29.4 Å². The highest BCUT2D eigenvalue weighted by atomic mass is 35.5. The van der Waals surface area contributed by atoms with Gasteiger partial charge in [0.1, 0.15) is 0 Å². The molecular weight excluding hydrogens is 396 g/mol.